The minimum atomic E-state index is -0.524. The third kappa shape index (κ3) is 4.14. The van der Waals surface area contributed by atoms with Gasteiger partial charge in [0, 0.05) is 10.4 Å². The standard InChI is InChI=1S/C16H20ClNO3/c1-5-12(18-15(19)21-16(2,3)4)14-9-10-8-11(17)6-7-13(10)20-14/h6-9,12H,5H2,1-4H3,(H,18,19)/t12-/m0/s1. The lowest BCUT2D eigenvalue weighted by Gasteiger charge is -2.22. The number of nitrogens with one attached hydrogen (secondary N) is 1. The summed E-state index contributed by atoms with van der Waals surface area (Å²) in [7, 11) is 0. The molecule has 0 bridgehead atoms. The fourth-order valence-electron chi connectivity index (χ4n) is 2.03. The number of carbonyl (C=O) groups excluding carboxylic acids is 1. The van der Waals surface area contributed by atoms with E-state index in [2.05, 4.69) is 5.32 Å². The predicted molar refractivity (Wildman–Crippen MR) is 83.6 cm³/mol. The SMILES string of the molecule is CC[C@H](NC(=O)OC(C)(C)C)c1cc2cc(Cl)ccc2o1. The summed E-state index contributed by atoms with van der Waals surface area (Å²) < 4.78 is 11.1. The average molecular weight is 310 g/mol. The maximum atomic E-state index is 11.9. The minimum Gasteiger partial charge on any atom is -0.459 e. The van der Waals surface area contributed by atoms with Crippen LogP contribution in [0.1, 0.15) is 45.9 Å². The number of rotatable bonds is 3. The van der Waals surface area contributed by atoms with Crippen molar-refractivity contribution in [2.24, 2.45) is 0 Å². The van der Waals surface area contributed by atoms with E-state index >= 15 is 0 Å². The Morgan fingerprint density at radius 2 is 2.10 bits per heavy atom. The van der Waals surface area contributed by atoms with Crippen molar-refractivity contribution in [3.63, 3.8) is 0 Å². The summed E-state index contributed by atoms with van der Waals surface area (Å²) in [5.74, 6) is 0.695. The molecule has 0 unspecified atom stereocenters. The lowest BCUT2D eigenvalue weighted by Crippen LogP contribution is -2.34. The monoisotopic (exact) mass is 309 g/mol. The summed E-state index contributed by atoms with van der Waals surface area (Å²) >= 11 is 5.97. The van der Waals surface area contributed by atoms with Crippen LogP contribution in [0.5, 0.6) is 0 Å². The highest BCUT2D eigenvalue weighted by Gasteiger charge is 2.21. The number of benzene rings is 1. The molecule has 0 spiro atoms. The van der Waals surface area contributed by atoms with Gasteiger partial charge in [-0.15, -0.1) is 0 Å². The number of alkyl carbamates (subject to hydrolysis) is 1. The molecule has 0 aliphatic rings. The molecule has 5 heteroatoms. The average Bonchev–Trinajstić information content (AvgIpc) is 2.76. The Bertz CT molecular complexity index is 642. The number of ether oxygens (including phenoxy) is 1. The van der Waals surface area contributed by atoms with E-state index in [9.17, 15) is 4.79 Å². The van der Waals surface area contributed by atoms with Gasteiger partial charge >= 0.3 is 6.09 Å². The predicted octanol–water partition coefficient (Wildman–Crippen LogP) is 5.06. The number of halogens is 1. The van der Waals surface area contributed by atoms with Crippen LogP contribution in [0.2, 0.25) is 5.02 Å². The first-order valence-corrected chi connectivity index (χ1v) is 7.35. The van der Waals surface area contributed by atoms with Gasteiger partial charge in [0.05, 0.1) is 6.04 Å². The number of furan rings is 1. The van der Waals surface area contributed by atoms with E-state index in [-0.39, 0.29) is 6.04 Å². The minimum absolute atomic E-state index is 0.231. The van der Waals surface area contributed by atoms with Gasteiger partial charge < -0.3 is 14.5 Å². The van der Waals surface area contributed by atoms with Crippen LogP contribution >= 0.6 is 11.6 Å². The highest BCUT2D eigenvalue weighted by molar-refractivity contribution is 6.31. The number of amides is 1. The van der Waals surface area contributed by atoms with Crippen molar-refractivity contribution >= 4 is 28.7 Å². The Morgan fingerprint density at radius 3 is 2.71 bits per heavy atom. The maximum Gasteiger partial charge on any atom is 0.408 e. The molecule has 21 heavy (non-hydrogen) atoms. The number of hydrogen-bond donors (Lipinski definition) is 1. The van der Waals surface area contributed by atoms with Gasteiger partial charge in [0.1, 0.15) is 16.9 Å². The number of carbonyl (C=O) groups is 1. The first-order chi connectivity index (χ1) is 9.78. The largest absolute Gasteiger partial charge is 0.459 e. The van der Waals surface area contributed by atoms with Gasteiger partial charge in [0.15, 0.2) is 0 Å². The van der Waals surface area contributed by atoms with Crippen LogP contribution in [0.15, 0.2) is 28.7 Å². The highest BCUT2D eigenvalue weighted by atomic mass is 35.5. The Morgan fingerprint density at radius 1 is 1.38 bits per heavy atom. The van der Waals surface area contributed by atoms with Crippen LogP contribution in [-0.4, -0.2) is 11.7 Å². The zero-order valence-electron chi connectivity index (χ0n) is 12.7. The topological polar surface area (TPSA) is 51.5 Å². The Balaban J connectivity index is 2.17. The van der Waals surface area contributed by atoms with Crippen LogP contribution in [0.25, 0.3) is 11.0 Å². The van der Waals surface area contributed by atoms with E-state index in [1.165, 1.54) is 0 Å². The summed E-state index contributed by atoms with van der Waals surface area (Å²) in [6, 6.07) is 7.10. The number of hydrogen-bond acceptors (Lipinski definition) is 3. The lowest BCUT2D eigenvalue weighted by molar-refractivity contribution is 0.0496. The van der Waals surface area contributed by atoms with E-state index in [0.717, 1.165) is 11.0 Å². The van der Waals surface area contributed by atoms with Crippen molar-refractivity contribution in [2.45, 2.75) is 45.8 Å². The fourth-order valence-corrected chi connectivity index (χ4v) is 2.21. The van der Waals surface area contributed by atoms with Gasteiger partial charge in [-0.2, -0.15) is 0 Å². The zero-order valence-corrected chi connectivity index (χ0v) is 13.5. The quantitative estimate of drug-likeness (QED) is 0.862. The van der Waals surface area contributed by atoms with Crippen LogP contribution in [0.3, 0.4) is 0 Å². The van der Waals surface area contributed by atoms with Crippen LogP contribution < -0.4 is 5.32 Å². The smallest absolute Gasteiger partial charge is 0.408 e. The molecule has 1 heterocycles. The van der Waals surface area contributed by atoms with E-state index < -0.39 is 11.7 Å². The molecule has 0 fully saturated rings. The molecule has 1 amide bonds. The third-order valence-corrected chi connectivity index (χ3v) is 3.18. The molecule has 0 saturated carbocycles. The Labute approximate surface area is 129 Å². The summed E-state index contributed by atoms with van der Waals surface area (Å²) in [4.78, 5) is 11.9. The molecule has 0 aliphatic carbocycles. The molecule has 1 aromatic carbocycles. The van der Waals surface area contributed by atoms with Crippen molar-refractivity contribution in [3.8, 4) is 0 Å². The molecule has 1 atom stereocenters. The number of fused-ring (bicyclic) bond motifs is 1. The molecule has 114 valence electrons. The van der Waals surface area contributed by atoms with Crippen molar-refractivity contribution in [1.29, 1.82) is 0 Å². The summed E-state index contributed by atoms with van der Waals surface area (Å²) in [5, 5.41) is 4.40. The first kappa shape index (κ1) is 15.7. The second-order valence-electron chi connectivity index (χ2n) is 5.94. The zero-order chi connectivity index (χ0) is 15.6. The van der Waals surface area contributed by atoms with Gasteiger partial charge in [0.25, 0.3) is 0 Å². The fraction of sp³-hybridized carbons (Fsp3) is 0.438. The van der Waals surface area contributed by atoms with Gasteiger partial charge in [-0.25, -0.2) is 4.79 Å². The molecule has 4 nitrogen and oxygen atoms in total. The van der Waals surface area contributed by atoms with E-state index in [1.807, 2.05) is 45.9 Å². The maximum absolute atomic E-state index is 11.9. The van der Waals surface area contributed by atoms with Gasteiger partial charge in [-0.1, -0.05) is 18.5 Å². The Kier molecular flexibility index (Phi) is 4.47. The van der Waals surface area contributed by atoms with E-state index in [4.69, 9.17) is 20.8 Å². The molecule has 1 aromatic heterocycles. The molecule has 2 aromatic rings. The third-order valence-electron chi connectivity index (χ3n) is 2.94. The molecule has 0 radical (unpaired) electrons. The van der Waals surface area contributed by atoms with Gasteiger partial charge in [-0.05, 0) is 51.5 Å². The van der Waals surface area contributed by atoms with Crippen LogP contribution in [0.4, 0.5) is 4.79 Å². The van der Waals surface area contributed by atoms with E-state index in [1.54, 1.807) is 6.07 Å². The van der Waals surface area contributed by atoms with Crippen molar-refractivity contribution in [2.75, 3.05) is 0 Å². The Hall–Kier alpha value is -1.68. The van der Waals surface area contributed by atoms with Crippen LogP contribution in [-0.2, 0) is 4.74 Å². The van der Waals surface area contributed by atoms with Crippen molar-refractivity contribution in [1.82, 2.24) is 5.32 Å². The summed E-state index contributed by atoms with van der Waals surface area (Å²) in [6.07, 6.45) is 0.250. The van der Waals surface area contributed by atoms with Crippen molar-refractivity contribution in [3.05, 3.63) is 35.0 Å². The molecule has 0 aliphatic heterocycles. The molecular formula is C16H20ClNO3. The molecule has 0 saturated heterocycles. The van der Waals surface area contributed by atoms with Crippen LogP contribution in [0, 0.1) is 0 Å². The van der Waals surface area contributed by atoms with Crippen molar-refractivity contribution < 1.29 is 13.9 Å². The second kappa shape index (κ2) is 5.98. The lowest BCUT2D eigenvalue weighted by atomic mass is 10.1. The molecule has 2 rings (SSSR count). The first-order valence-electron chi connectivity index (χ1n) is 6.97. The van der Waals surface area contributed by atoms with Gasteiger partial charge in [0.2, 0.25) is 0 Å². The highest BCUT2D eigenvalue weighted by Crippen LogP contribution is 2.28. The normalized spacial score (nSPS) is 13.2. The van der Waals surface area contributed by atoms with E-state index in [0.29, 0.717) is 17.2 Å². The summed E-state index contributed by atoms with van der Waals surface area (Å²) in [5.41, 5.74) is 0.225. The molecular weight excluding hydrogens is 290 g/mol. The van der Waals surface area contributed by atoms with Gasteiger partial charge in [-0.3, -0.25) is 0 Å². The second-order valence-corrected chi connectivity index (χ2v) is 6.37. The summed E-state index contributed by atoms with van der Waals surface area (Å²) in [6.45, 7) is 7.46. The molecule has 1 N–H and O–H groups in total.